The highest BCUT2D eigenvalue weighted by Crippen LogP contribution is 2.43. The Hall–Kier alpha value is -1.03. The predicted octanol–water partition coefficient (Wildman–Crippen LogP) is 0.707. The van der Waals surface area contributed by atoms with Crippen LogP contribution in [0.1, 0.15) is 13.3 Å². The van der Waals surface area contributed by atoms with E-state index in [9.17, 15) is 9.90 Å². The van der Waals surface area contributed by atoms with Gasteiger partial charge in [-0.15, -0.1) is 0 Å². The third-order valence-electron chi connectivity index (χ3n) is 3.61. The second kappa shape index (κ2) is 3.85. The number of methoxy groups -OCH3 is 1. The summed E-state index contributed by atoms with van der Waals surface area (Å²) in [4.78, 5) is 11.5. The second-order valence-electron chi connectivity index (χ2n) is 4.33. The number of ether oxygens (including phenoxy) is 2. The van der Waals surface area contributed by atoms with E-state index >= 15 is 0 Å². The van der Waals surface area contributed by atoms with E-state index in [1.165, 1.54) is 13.4 Å². The maximum atomic E-state index is 11.5. The fourth-order valence-corrected chi connectivity index (χ4v) is 2.58. The van der Waals surface area contributed by atoms with Crippen molar-refractivity contribution in [3.8, 4) is 0 Å². The number of fused-ring (bicyclic) bond motifs is 1. The van der Waals surface area contributed by atoms with Crippen molar-refractivity contribution in [2.45, 2.75) is 19.4 Å². The second-order valence-corrected chi connectivity index (χ2v) is 4.33. The molecule has 0 aromatic rings. The Morgan fingerprint density at radius 2 is 2.40 bits per heavy atom. The molecule has 1 aliphatic carbocycles. The lowest BCUT2D eigenvalue weighted by atomic mass is 9.85. The molecule has 4 unspecified atom stereocenters. The Labute approximate surface area is 88.9 Å². The summed E-state index contributed by atoms with van der Waals surface area (Å²) in [6.45, 7) is 2.59. The van der Waals surface area contributed by atoms with Gasteiger partial charge in [0.05, 0.1) is 31.7 Å². The molecule has 1 saturated carbocycles. The van der Waals surface area contributed by atoms with Gasteiger partial charge in [0.15, 0.2) is 0 Å². The van der Waals surface area contributed by atoms with Crippen LogP contribution in [0.4, 0.5) is 0 Å². The maximum absolute atomic E-state index is 11.5. The number of carbonyl (C=O) groups excluding carboxylic acids is 1. The lowest BCUT2D eigenvalue weighted by Crippen LogP contribution is -2.28. The average molecular weight is 212 g/mol. The third-order valence-corrected chi connectivity index (χ3v) is 3.61. The van der Waals surface area contributed by atoms with Gasteiger partial charge in [-0.3, -0.25) is 0 Å². The number of hydrogen-bond donors (Lipinski definition) is 1. The maximum Gasteiger partial charge on any atom is 0.337 e. The molecule has 4 atom stereocenters. The van der Waals surface area contributed by atoms with E-state index in [-0.39, 0.29) is 29.8 Å². The van der Waals surface area contributed by atoms with Gasteiger partial charge in [0.25, 0.3) is 0 Å². The molecule has 0 radical (unpaired) electrons. The topological polar surface area (TPSA) is 55.8 Å². The van der Waals surface area contributed by atoms with Gasteiger partial charge < -0.3 is 14.6 Å². The van der Waals surface area contributed by atoms with Gasteiger partial charge >= 0.3 is 5.97 Å². The lowest BCUT2D eigenvalue weighted by molar-refractivity contribution is -0.137. The Morgan fingerprint density at radius 3 is 3.07 bits per heavy atom. The molecule has 2 rings (SSSR count). The standard InChI is InChI=1S/C11H16O4/c1-6-8-4-15-5-9(11(13)14-2)7(8)3-10(6)12/h5-8,10,12H,3-4H2,1-2H3. The summed E-state index contributed by atoms with van der Waals surface area (Å²) in [5.41, 5.74) is 0.567. The largest absolute Gasteiger partial charge is 0.500 e. The van der Waals surface area contributed by atoms with Crippen molar-refractivity contribution < 1.29 is 19.4 Å². The van der Waals surface area contributed by atoms with Gasteiger partial charge in [-0.2, -0.15) is 0 Å². The molecule has 15 heavy (non-hydrogen) atoms. The third kappa shape index (κ3) is 1.63. The highest BCUT2D eigenvalue weighted by molar-refractivity contribution is 5.89. The van der Waals surface area contributed by atoms with Crippen LogP contribution in [0.15, 0.2) is 11.8 Å². The van der Waals surface area contributed by atoms with Crippen LogP contribution in [0.3, 0.4) is 0 Å². The van der Waals surface area contributed by atoms with E-state index in [1.807, 2.05) is 6.92 Å². The molecule has 1 fully saturated rings. The summed E-state index contributed by atoms with van der Waals surface area (Å²) in [5, 5.41) is 9.77. The SMILES string of the molecule is COC(=O)C1=COCC2C1CC(O)C2C. The minimum absolute atomic E-state index is 0.0937. The van der Waals surface area contributed by atoms with Gasteiger partial charge in [0.1, 0.15) is 0 Å². The van der Waals surface area contributed by atoms with Crippen LogP contribution in [0.25, 0.3) is 0 Å². The van der Waals surface area contributed by atoms with Gasteiger partial charge in [0, 0.05) is 11.8 Å². The van der Waals surface area contributed by atoms with Crippen molar-refractivity contribution in [3.63, 3.8) is 0 Å². The van der Waals surface area contributed by atoms with Crippen LogP contribution in [-0.2, 0) is 14.3 Å². The van der Waals surface area contributed by atoms with Crippen LogP contribution >= 0.6 is 0 Å². The number of esters is 1. The van der Waals surface area contributed by atoms with E-state index in [0.717, 1.165) is 0 Å². The quantitative estimate of drug-likeness (QED) is 0.650. The molecule has 4 nitrogen and oxygen atoms in total. The molecule has 0 bridgehead atoms. The van der Waals surface area contributed by atoms with Crippen molar-refractivity contribution in [1.29, 1.82) is 0 Å². The average Bonchev–Trinajstić information content (AvgIpc) is 2.54. The molecular weight excluding hydrogens is 196 g/mol. The molecular formula is C11H16O4. The van der Waals surface area contributed by atoms with Gasteiger partial charge in [-0.1, -0.05) is 6.92 Å². The van der Waals surface area contributed by atoms with Crippen LogP contribution in [0.2, 0.25) is 0 Å². The monoisotopic (exact) mass is 212 g/mol. The van der Waals surface area contributed by atoms with Crippen molar-refractivity contribution in [2.24, 2.45) is 17.8 Å². The van der Waals surface area contributed by atoms with Crippen molar-refractivity contribution in [3.05, 3.63) is 11.8 Å². The zero-order valence-electron chi connectivity index (χ0n) is 8.97. The zero-order valence-corrected chi connectivity index (χ0v) is 8.97. The van der Waals surface area contributed by atoms with E-state index < -0.39 is 0 Å². The number of rotatable bonds is 1. The fraction of sp³-hybridized carbons (Fsp3) is 0.727. The Balaban J connectivity index is 2.21. The Bertz CT molecular complexity index is 297. The number of carbonyl (C=O) groups is 1. The van der Waals surface area contributed by atoms with Gasteiger partial charge in [0.2, 0.25) is 0 Å². The molecule has 0 saturated heterocycles. The Kier molecular flexibility index (Phi) is 2.69. The summed E-state index contributed by atoms with van der Waals surface area (Å²) in [5.74, 6) is 0.171. The highest BCUT2D eigenvalue weighted by atomic mass is 16.5. The predicted molar refractivity (Wildman–Crippen MR) is 52.8 cm³/mol. The zero-order chi connectivity index (χ0) is 11.0. The van der Waals surface area contributed by atoms with E-state index in [1.54, 1.807) is 0 Å². The first kappa shape index (κ1) is 10.5. The van der Waals surface area contributed by atoms with Gasteiger partial charge in [-0.25, -0.2) is 4.79 Å². The molecule has 0 aromatic heterocycles. The smallest absolute Gasteiger partial charge is 0.337 e. The Morgan fingerprint density at radius 1 is 1.67 bits per heavy atom. The van der Waals surface area contributed by atoms with Crippen LogP contribution in [0, 0.1) is 17.8 Å². The summed E-state index contributed by atoms with van der Waals surface area (Å²) in [6, 6.07) is 0. The first-order valence-electron chi connectivity index (χ1n) is 5.23. The van der Waals surface area contributed by atoms with Crippen molar-refractivity contribution in [1.82, 2.24) is 0 Å². The lowest BCUT2D eigenvalue weighted by Gasteiger charge is -2.27. The van der Waals surface area contributed by atoms with Crippen molar-refractivity contribution >= 4 is 5.97 Å². The summed E-state index contributed by atoms with van der Waals surface area (Å²) < 4.78 is 9.96. The molecule has 0 aromatic carbocycles. The molecule has 84 valence electrons. The van der Waals surface area contributed by atoms with E-state index in [4.69, 9.17) is 9.47 Å². The summed E-state index contributed by atoms with van der Waals surface area (Å²) >= 11 is 0. The normalized spacial score (nSPS) is 39.0. The minimum Gasteiger partial charge on any atom is -0.500 e. The first-order valence-corrected chi connectivity index (χ1v) is 5.23. The summed E-state index contributed by atoms with van der Waals surface area (Å²) in [6.07, 6.45) is 1.78. The molecule has 1 aliphatic heterocycles. The number of aliphatic hydroxyl groups is 1. The molecule has 1 N–H and O–H groups in total. The molecule has 1 heterocycles. The number of hydrogen-bond acceptors (Lipinski definition) is 4. The molecule has 0 spiro atoms. The summed E-state index contributed by atoms with van der Waals surface area (Å²) in [7, 11) is 1.36. The number of aliphatic hydroxyl groups excluding tert-OH is 1. The van der Waals surface area contributed by atoms with Crippen LogP contribution in [0.5, 0.6) is 0 Å². The van der Waals surface area contributed by atoms with Crippen LogP contribution in [-0.4, -0.2) is 30.9 Å². The minimum atomic E-state index is -0.342. The van der Waals surface area contributed by atoms with Gasteiger partial charge in [-0.05, 0) is 12.3 Å². The molecule has 4 heteroatoms. The van der Waals surface area contributed by atoms with E-state index in [0.29, 0.717) is 18.6 Å². The molecule has 0 amide bonds. The van der Waals surface area contributed by atoms with Crippen molar-refractivity contribution in [2.75, 3.05) is 13.7 Å². The fourth-order valence-electron chi connectivity index (χ4n) is 2.58. The highest BCUT2D eigenvalue weighted by Gasteiger charge is 2.45. The van der Waals surface area contributed by atoms with E-state index in [2.05, 4.69) is 0 Å². The molecule has 2 aliphatic rings. The van der Waals surface area contributed by atoms with Crippen LogP contribution < -0.4 is 0 Å². The first-order chi connectivity index (χ1) is 7.15.